The highest BCUT2D eigenvalue weighted by molar-refractivity contribution is 7.80. The highest BCUT2D eigenvalue weighted by Crippen LogP contribution is 2.24. The quantitative estimate of drug-likeness (QED) is 0.397. The molecule has 2 amide bonds. The van der Waals surface area contributed by atoms with Gasteiger partial charge in [-0.15, -0.1) is 0 Å². The lowest BCUT2D eigenvalue weighted by Gasteiger charge is -2.28. The van der Waals surface area contributed by atoms with Crippen LogP contribution in [-0.4, -0.2) is 26.6 Å². The second kappa shape index (κ2) is 7.33. The summed E-state index contributed by atoms with van der Waals surface area (Å²) in [5.41, 5.74) is 1.57. The summed E-state index contributed by atoms with van der Waals surface area (Å²) in [6.45, 7) is 0. The van der Waals surface area contributed by atoms with E-state index in [0.29, 0.717) is 11.4 Å². The van der Waals surface area contributed by atoms with Crippen LogP contribution in [0.15, 0.2) is 72.4 Å². The molecule has 1 aliphatic heterocycles. The number of phenolic OH excluding ortho intramolecular Hbond substituents is 1. The third-order valence-electron chi connectivity index (χ3n) is 4.39. The third-order valence-corrected chi connectivity index (χ3v) is 4.67. The maximum atomic E-state index is 13.2. The molecule has 29 heavy (non-hydrogen) atoms. The summed E-state index contributed by atoms with van der Waals surface area (Å²) < 4.78 is 15.0. The summed E-state index contributed by atoms with van der Waals surface area (Å²) in [5, 5.41) is 11.9. The summed E-state index contributed by atoms with van der Waals surface area (Å²) >= 11 is 5.13. The van der Waals surface area contributed by atoms with Gasteiger partial charge in [0, 0.05) is 17.6 Å². The Hall–Kier alpha value is -3.78. The first kappa shape index (κ1) is 18.6. The minimum atomic E-state index is -0.614. The summed E-state index contributed by atoms with van der Waals surface area (Å²) in [5.74, 6) is -1.54. The SMILES string of the molecule is O=C1NC(=S)N(c2ccc(F)cc2)C(=O)C1=Cc1cccn1-c1ccc(O)cc1. The first-order valence-electron chi connectivity index (χ1n) is 8.58. The minimum Gasteiger partial charge on any atom is -0.508 e. The number of nitrogens with zero attached hydrogens (tertiary/aromatic N) is 2. The summed E-state index contributed by atoms with van der Waals surface area (Å²) in [4.78, 5) is 26.6. The molecule has 0 spiro atoms. The Balaban J connectivity index is 1.73. The number of nitrogens with one attached hydrogen (secondary N) is 1. The number of amides is 2. The van der Waals surface area contributed by atoms with Gasteiger partial charge in [-0.2, -0.15) is 0 Å². The lowest BCUT2D eigenvalue weighted by Crippen LogP contribution is -2.54. The van der Waals surface area contributed by atoms with Crippen molar-refractivity contribution in [1.82, 2.24) is 9.88 Å². The van der Waals surface area contributed by atoms with Crippen LogP contribution in [0.2, 0.25) is 0 Å². The maximum Gasteiger partial charge on any atom is 0.270 e. The van der Waals surface area contributed by atoms with Crippen LogP contribution in [0.3, 0.4) is 0 Å². The predicted octanol–water partition coefficient (Wildman–Crippen LogP) is 3.15. The fourth-order valence-corrected chi connectivity index (χ4v) is 3.27. The van der Waals surface area contributed by atoms with Gasteiger partial charge in [-0.25, -0.2) is 4.39 Å². The van der Waals surface area contributed by atoms with Crippen molar-refractivity contribution in [1.29, 1.82) is 0 Å². The van der Waals surface area contributed by atoms with Crippen molar-refractivity contribution in [3.05, 3.63) is 83.9 Å². The van der Waals surface area contributed by atoms with Crippen LogP contribution >= 0.6 is 12.2 Å². The summed E-state index contributed by atoms with van der Waals surface area (Å²) in [6.07, 6.45) is 3.23. The van der Waals surface area contributed by atoms with E-state index in [-0.39, 0.29) is 16.4 Å². The maximum absolute atomic E-state index is 13.2. The molecule has 144 valence electrons. The van der Waals surface area contributed by atoms with E-state index >= 15 is 0 Å². The monoisotopic (exact) mass is 407 g/mol. The van der Waals surface area contributed by atoms with Crippen molar-refractivity contribution in [2.75, 3.05) is 4.90 Å². The lowest BCUT2D eigenvalue weighted by molar-refractivity contribution is -0.122. The standard InChI is InChI=1S/C21H14FN3O3S/c22-13-3-5-15(6-4-13)25-20(28)18(19(27)23-21(25)29)12-16-2-1-11-24(16)14-7-9-17(26)10-8-14/h1-12,26H,(H,23,27,29). The Bertz CT molecular complexity index is 1150. The molecule has 2 heterocycles. The molecule has 2 aromatic carbocycles. The Morgan fingerprint density at radius 3 is 2.31 bits per heavy atom. The van der Waals surface area contributed by atoms with Gasteiger partial charge in [-0.05, 0) is 79.0 Å². The van der Waals surface area contributed by atoms with Crippen molar-refractivity contribution in [2.24, 2.45) is 0 Å². The van der Waals surface area contributed by atoms with Crippen molar-refractivity contribution in [3.63, 3.8) is 0 Å². The number of halogens is 1. The van der Waals surface area contributed by atoms with Crippen molar-refractivity contribution >= 4 is 40.9 Å². The van der Waals surface area contributed by atoms with Crippen LogP contribution in [0.4, 0.5) is 10.1 Å². The number of carbonyl (C=O) groups is 2. The molecular formula is C21H14FN3O3S. The predicted molar refractivity (Wildman–Crippen MR) is 110 cm³/mol. The molecular weight excluding hydrogens is 393 g/mol. The number of aromatic hydroxyl groups is 1. The molecule has 3 aromatic rings. The van der Waals surface area contributed by atoms with Crippen molar-refractivity contribution < 1.29 is 19.1 Å². The molecule has 1 aliphatic rings. The fraction of sp³-hybridized carbons (Fsp3) is 0. The van der Waals surface area contributed by atoms with Gasteiger partial charge in [0.25, 0.3) is 11.8 Å². The number of rotatable bonds is 3. The molecule has 1 aromatic heterocycles. The highest BCUT2D eigenvalue weighted by Gasteiger charge is 2.34. The Kier molecular flexibility index (Phi) is 4.69. The number of hydrogen-bond acceptors (Lipinski definition) is 4. The zero-order valence-corrected chi connectivity index (χ0v) is 15.7. The highest BCUT2D eigenvalue weighted by atomic mass is 32.1. The molecule has 8 heteroatoms. The van der Waals surface area contributed by atoms with E-state index in [9.17, 15) is 19.1 Å². The second-order valence-electron chi connectivity index (χ2n) is 6.25. The third kappa shape index (κ3) is 3.53. The van der Waals surface area contributed by atoms with Crippen LogP contribution in [0.1, 0.15) is 5.69 Å². The van der Waals surface area contributed by atoms with E-state index in [2.05, 4.69) is 5.32 Å². The summed E-state index contributed by atoms with van der Waals surface area (Å²) in [7, 11) is 0. The first-order chi connectivity index (χ1) is 13.9. The zero-order chi connectivity index (χ0) is 20.5. The minimum absolute atomic E-state index is 0.0716. The van der Waals surface area contributed by atoms with Gasteiger partial charge in [0.15, 0.2) is 5.11 Å². The van der Waals surface area contributed by atoms with Gasteiger partial charge >= 0.3 is 0 Å². The first-order valence-corrected chi connectivity index (χ1v) is 8.98. The Morgan fingerprint density at radius 2 is 1.62 bits per heavy atom. The van der Waals surface area contributed by atoms with Gasteiger partial charge in [0.2, 0.25) is 0 Å². The Morgan fingerprint density at radius 1 is 0.966 bits per heavy atom. The van der Waals surface area contributed by atoms with Gasteiger partial charge in [0.1, 0.15) is 17.1 Å². The van der Waals surface area contributed by atoms with Gasteiger partial charge < -0.3 is 9.67 Å². The van der Waals surface area contributed by atoms with Crippen LogP contribution in [-0.2, 0) is 9.59 Å². The van der Waals surface area contributed by atoms with Crippen LogP contribution in [0, 0.1) is 5.82 Å². The smallest absolute Gasteiger partial charge is 0.270 e. The van der Waals surface area contributed by atoms with Gasteiger partial charge in [-0.1, -0.05) is 0 Å². The topological polar surface area (TPSA) is 74.6 Å². The lowest BCUT2D eigenvalue weighted by atomic mass is 10.1. The van der Waals surface area contributed by atoms with E-state index in [1.807, 2.05) is 0 Å². The zero-order valence-electron chi connectivity index (χ0n) is 14.9. The summed E-state index contributed by atoms with van der Waals surface area (Å²) in [6, 6.07) is 15.3. The van der Waals surface area contributed by atoms with E-state index in [4.69, 9.17) is 12.2 Å². The molecule has 2 N–H and O–H groups in total. The number of phenols is 1. The molecule has 0 bridgehead atoms. The van der Waals surface area contributed by atoms with E-state index in [1.165, 1.54) is 30.3 Å². The van der Waals surface area contributed by atoms with Gasteiger partial charge in [-0.3, -0.25) is 19.8 Å². The van der Waals surface area contributed by atoms with E-state index in [0.717, 1.165) is 10.6 Å². The molecule has 4 rings (SSSR count). The average Bonchev–Trinajstić information content (AvgIpc) is 3.15. The van der Waals surface area contributed by atoms with Crippen LogP contribution in [0.5, 0.6) is 5.75 Å². The molecule has 1 fully saturated rings. The second-order valence-corrected chi connectivity index (χ2v) is 6.64. The molecule has 0 atom stereocenters. The molecule has 0 radical (unpaired) electrons. The molecule has 1 saturated heterocycles. The average molecular weight is 407 g/mol. The number of aromatic nitrogens is 1. The normalized spacial score (nSPS) is 15.7. The number of carbonyl (C=O) groups excluding carboxylic acids is 2. The number of benzene rings is 2. The van der Waals surface area contributed by atoms with E-state index in [1.54, 1.807) is 47.2 Å². The Labute approximate surface area is 170 Å². The molecule has 6 nitrogen and oxygen atoms in total. The van der Waals surface area contributed by atoms with E-state index < -0.39 is 17.6 Å². The van der Waals surface area contributed by atoms with Crippen LogP contribution < -0.4 is 10.2 Å². The number of anilines is 1. The molecule has 0 unspecified atom stereocenters. The molecule has 0 saturated carbocycles. The van der Waals surface area contributed by atoms with Crippen molar-refractivity contribution in [3.8, 4) is 11.4 Å². The van der Waals surface area contributed by atoms with Gasteiger partial charge in [0.05, 0.1) is 5.69 Å². The number of hydrogen-bond donors (Lipinski definition) is 2. The van der Waals surface area contributed by atoms with Crippen LogP contribution in [0.25, 0.3) is 11.8 Å². The molecule has 0 aliphatic carbocycles. The fourth-order valence-electron chi connectivity index (χ4n) is 2.99. The number of thiocarbonyl (C=S) groups is 1. The van der Waals surface area contributed by atoms with Crippen molar-refractivity contribution in [2.45, 2.75) is 0 Å². The largest absolute Gasteiger partial charge is 0.508 e.